The molecule has 0 fully saturated rings. The van der Waals surface area contributed by atoms with Crippen LogP contribution in [0.3, 0.4) is 0 Å². The van der Waals surface area contributed by atoms with Crippen molar-refractivity contribution in [3.8, 4) is 28.7 Å². The van der Waals surface area contributed by atoms with Crippen LogP contribution in [0, 0.1) is 0 Å². The van der Waals surface area contributed by atoms with E-state index in [1.807, 2.05) is 20.8 Å². The number of phenolic OH excluding ortho intramolecular Hbond substituents is 1. The Hall–Kier alpha value is -3.14. The lowest BCUT2D eigenvalue weighted by Gasteiger charge is -2.17. The molecule has 0 bridgehead atoms. The number of rotatable bonds is 9. The Bertz CT molecular complexity index is 923. The third kappa shape index (κ3) is 5.94. The molecule has 0 spiro atoms. The van der Waals surface area contributed by atoms with E-state index in [4.69, 9.17) is 18.9 Å². The maximum atomic E-state index is 12.7. The molecule has 2 rings (SSSR count). The van der Waals surface area contributed by atoms with Crippen LogP contribution in [0.5, 0.6) is 28.7 Å². The molecule has 0 atom stereocenters. The monoisotopic (exact) mass is 496 g/mol. The number of aromatic hydroxyl groups is 1. The number of carbonyl (C=O) groups is 2. The van der Waals surface area contributed by atoms with Crippen molar-refractivity contribution in [2.75, 3.05) is 26.9 Å². The number of ether oxygens (including phenoxy) is 4. The highest BCUT2D eigenvalue weighted by Crippen LogP contribution is 2.39. The van der Waals surface area contributed by atoms with E-state index in [0.29, 0.717) is 37.1 Å². The lowest BCUT2D eigenvalue weighted by Crippen LogP contribution is -2.41. The van der Waals surface area contributed by atoms with Crippen molar-refractivity contribution >= 4 is 27.7 Å². The maximum Gasteiger partial charge on any atom is 0.269 e. The number of benzene rings is 2. The van der Waals surface area contributed by atoms with Gasteiger partial charge in [0.1, 0.15) is 0 Å². The van der Waals surface area contributed by atoms with Crippen LogP contribution in [0.15, 0.2) is 28.7 Å². The summed E-state index contributed by atoms with van der Waals surface area (Å²) in [6.45, 7) is 6.59. The topological polar surface area (TPSA) is 115 Å². The number of phenols is 1. The second-order valence-corrected chi connectivity index (χ2v) is 6.87. The molecule has 0 aliphatic carbocycles. The number of hydrazine groups is 1. The van der Waals surface area contributed by atoms with Crippen LogP contribution < -0.4 is 29.8 Å². The molecule has 2 aromatic rings. The van der Waals surface area contributed by atoms with Crippen molar-refractivity contribution in [1.29, 1.82) is 0 Å². The van der Waals surface area contributed by atoms with E-state index in [1.165, 1.54) is 31.4 Å². The zero-order valence-electron chi connectivity index (χ0n) is 17.7. The van der Waals surface area contributed by atoms with Gasteiger partial charge in [0, 0.05) is 11.1 Å². The van der Waals surface area contributed by atoms with Crippen LogP contribution in [0.4, 0.5) is 0 Å². The van der Waals surface area contributed by atoms with Gasteiger partial charge in [-0.2, -0.15) is 0 Å². The Kier molecular flexibility index (Phi) is 8.80. The Labute approximate surface area is 188 Å². The zero-order chi connectivity index (χ0) is 23.0. The maximum absolute atomic E-state index is 12.7. The van der Waals surface area contributed by atoms with Gasteiger partial charge in [-0.3, -0.25) is 20.4 Å². The Morgan fingerprint density at radius 1 is 0.839 bits per heavy atom. The molecule has 2 amide bonds. The number of methoxy groups -OCH3 is 1. The van der Waals surface area contributed by atoms with Crippen LogP contribution in [0.1, 0.15) is 41.5 Å². The molecule has 10 heteroatoms. The summed E-state index contributed by atoms with van der Waals surface area (Å²) in [5.41, 5.74) is 5.05. The lowest BCUT2D eigenvalue weighted by molar-refractivity contribution is 0.0846. The Morgan fingerprint density at radius 3 is 1.74 bits per heavy atom. The third-order valence-corrected chi connectivity index (χ3v) is 4.58. The summed E-state index contributed by atoms with van der Waals surface area (Å²) in [4.78, 5) is 25.1. The summed E-state index contributed by atoms with van der Waals surface area (Å²) in [5.74, 6) is -0.0771. The van der Waals surface area contributed by atoms with Crippen LogP contribution in [-0.2, 0) is 0 Å². The highest BCUT2D eigenvalue weighted by molar-refractivity contribution is 9.10. The molecule has 0 radical (unpaired) electrons. The average molecular weight is 497 g/mol. The second kappa shape index (κ2) is 11.3. The van der Waals surface area contributed by atoms with Gasteiger partial charge in [-0.15, -0.1) is 0 Å². The van der Waals surface area contributed by atoms with E-state index < -0.39 is 11.8 Å². The quantitative estimate of drug-likeness (QED) is 0.455. The first-order chi connectivity index (χ1) is 14.9. The molecule has 2 aromatic carbocycles. The van der Waals surface area contributed by atoms with E-state index in [0.717, 1.165) is 0 Å². The molecule has 3 N–H and O–H groups in total. The van der Waals surface area contributed by atoms with Gasteiger partial charge in [0.15, 0.2) is 23.0 Å². The average Bonchev–Trinajstić information content (AvgIpc) is 2.75. The van der Waals surface area contributed by atoms with Crippen molar-refractivity contribution in [3.05, 3.63) is 39.9 Å². The number of halogens is 1. The van der Waals surface area contributed by atoms with Crippen LogP contribution in [0.2, 0.25) is 0 Å². The SMILES string of the molecule is CCOc1cc(C(=O)NNC(=O)c2cc(Br)c(O)c(OC)c2)cc(OCC)c1OCC. The number of hydrogen-bond acceptors (Lipinski definition) is 7. The number of amides is 2. The molecule has 168 valence electrons. The molecule has 0 saturated heterocycles. The number of hydrogen-bond donors (Lipinski definition) is 3. The van der Waals surface area contributed by atoms with Crippen molar-refractivity contribution < 1.29 is 33.6 Å². The van der Waals surface area contributed by atoms with E-state index in [9.17, 15) is 14.7 Å². The summed E-state index contributed by atoms with van der Waals surface area (Å²) < 4.78 is 22.1. The summed E-state index contributed by atoms with van der Waals surface area (Å²) in [6, 6.07) is 5.77. The summed E-state index contributed by atoms with van der Waals surface area (Å²) in [6.07, 6.45) is 0. The fourth-order valence-electron chi connectivity index (χ4n) is 2.64. The lowest BCUT2D eigenvalue weighted by atomic mass is 10.1. The molecule has 31 heavy (non-hydrogen) atoms. The molecule has 0 saturated carbocycles. The number of carbonyl (C=O) groups excluding carboxylic acids is 2. The molecule has 0 heterocycles. The predicted octanol–water partition coefficient (Wildman–Crippen LogP) is 3.43. The summed E-state index contributed by atoms with van der Waals surface area (Å²) in [7, 11) is 1.36. The van der Waals surface area contributed by atoms with Crippen molar-refractivity contribution in [1.82, 2.24) is 10.9 Å². The molecular weight excluding hydrogens is 472 g/mol. The van der Waals surface area contributed by atoms with Gasteiger partial charge in [0.25, 0.3) is 11.8 Å². The highest BCUT2D eigenvalue weighted by Gasteiger charge is 2.19. The smallest absolute Gasteiger partial charge is 0.269 e. The van der Waals surface area contributed by atoms with Gasteiger partial charge >= 0.3 is 0 Å². The molecule has 0 aromatic heterocycles. The molecule has 0 aliphatic heterocycles. The van der Waals surface area contributed by atoms with Gasteiger partial charge in [-0.1, -0.05) is 0 Å². The van der Waals surface area contributed by atoms with Crippen molar-refractivity contribution in [2.45, 2.75) is 20.8 Å². The van der Waals surface area contributed by atoms with Crippen molar-refractivity contribution in [2.24, 2.45) is 0 Å². The number of nitrogens with one attached hydrogen (secondary N) is 2. The third-order valence-electron chi connectivity index (χ3n) is 3.97. The van der Waals surface area contributed by atoms with Crippen LogP contribution in [-0.4, -0.2) is 43.9 Å². The molecule has 0 aliphatic rings. The van der Waals surface area contributed by atoms with Gasteiger partial charge < -0.3 is 24.1 Å². The molecule has 9 nitrogen and oxygen atoms in total. The van der Waals surface area contributed by atoms with Gasteiger partial charge in [0.2, 0.25) is 5.75 Å². The minimum absolute atomic E-state index is 0.111. The summed E-state index contributed by atoms with van der Waals surface area (Å²) in [5, 5.41) is 9.86. The predicted molar refractivity (Wildman–Crippen MR) is 117 cm³/mol. The van der Waals surface area contributed by atoms with Gasteiger partial charge in [0.05, 0.1) is 31.4 Å². The molecular formula is C21H25BrN2O7. The van der Waals surface area contributed by atoms with Crippen molar-refractivity contribution in [3.63, 3.8) is 0 Å². The first-order valence-corrected chi connectivity index (χ1v) is 10.4. The second-order valence-electron chi connectivity index (χ2n) is 6.02. The zero-order valence-corrected chi connectivity index (χ0v) is 19.3. The normalized spacial score (nSPS) is 10.2. The fourth-order valence-corrected chi connectivity index (χ4v) is 3.08. The Morgan fingerprint density at radius 2 is 1.29 bits per heavy atom. The summed E-state index contributed by atoms with van der Waals surface area (Å²) >= 11 is 3.15. The van der Waals surface area contributed by atoms with E-state index in [1.54, 1.807) is 0 Å². The largest absolute Gasteiger partial charge is 0.503 e. The highest BCUT2D eigenvalue weighted by atomic mass is 79.9. The first-order valence-electron chi connectivity index (χ1n) is 9.59. The van der Waals surface area contributed by atoms with E-state index in [-0.39, 0.29) is 27.1 Å². The fraction of sp³-hybridized carbons (Fsp3) is 0.333. The minimum atomic E-state index is -0.603. The minimum Gasteiger partial charge on any atom is -0.503 e. The van der Waals surface area contributed by atoms with Crippen LogP contribution >= 0.6 is 15.9 Å². The van der Waals surface area contributed by atoms with E-state index in [2.05, 4.69) is 26.8 Å². The Balaban J connectivity index is 2.23. The molecule has 0 unspecified atom stereocenters. The first kappa shape index (κ1) is 24.1. The van der Waals surface area contributed by atoms with Crippen LogP contribution in [0.25, 0.3) is 0 Å². The van der Waals surface area contributed by atoms with Gasteiger partial charge in [-0.25, -0.2) is 0 Å². The van der Waals surface area contributed by atoms with E-state index >= 15 is 0 Å². The standard InChI is InChI=1S/C21H25BrN2O7/c1-5-29-16-10-13(11-17(30-6-2)19(16)31-7-3)21(27)24-23-20(26)12-8-14(22)18(25)15(9-12)28-4/h8-11,25H,5-7H2,1-4H3,(H,23,26)(H,24,27). The van der Waals surface area contributed by atoms with Gasteiger partial charge in [-0.05, 0) is 61.0 Å².